The highest BCUT2D eigenvalue weighted by Gasteiger charge is 2.25. The first kappa shape index (κ1) is 49.7. The molecule has 0 aromatic heterocycles. The third-order valence-corrected chi connectivity index (χ3v) is 8.96. The Hall–Kier alpha value is -2.33. The molecule has 1 unspecified atom stereocenters. The average molecular weight is 754 g/mol. The van der Waals surface area contributed by atoms with E-state index in [0.29, 0.717) is 19.3 Å². The highest BCUT2D eigenvalue weighted by atomic mass is 31.2. The van der Waals surface area contributed by atoms with Crippen LogP contribution >= 0.6 is 7.82 Å². The Morgan fingerprint density at radius 1 is 0.673 bits per heavy atom. The molecule has 0 fully saturated rings. The topological polar surface area (TPSA) is 155 Å². The molecule has 10 nitrogen and oxygen atoms in total. The van der Waals surface area contributed by atoms with Crippen LogP contribution in [0.3, 0.4) is 0 Å². The monoisotopic (exact) mass is 753 g/mol. The number of phosphoric ester groups is 1. The van der Waals surface area contributed by atoms with Crippen molar-refractivity contribution >= 4 is 19.8 Å². The number of rotatable bonds is 36. The maximum absolute atomic E-state index is 12.5. The first-order valence-corrected chi connectivity index (χ1v) is 21.4. The van der Waals surface area contributed by atoms with Gasteiger partial charge in [0.1, 0.15) is 6.61 Å². The molecule has 0 aromatic carbocycles. The molecule has 0 aliphatic carbocycles. The molecule has 0 amide bonds. The van der Waals surface area contributed by atoms with E-state index >= 15 is 0 Å². The van der Waals surface area contributed by atoms with Gasteiger partial charge < -0.3 is 25.2 Å². The molecule has 0 spiro atoms. The normalized spacial score (nSPS) is 14.6. The van der Waals surface area contributed by atoms with Crippen LogP contribution in [0.2, 0.25) is 0 Å². The smallest absolute Gasteiger partial charge is 0.462 e. The van der Waals surface area contributed by atoms with Gasteiger partial charge in [-0.1, -0.05) is 132 Å². The highest BCUT2D eigenvalue weighted by molar-refractivity contribution is 7.47. The molecule has 0 aromatic rings. The molecule has 300 valence electrons. The van der Waals surface area contributed by atoms with E-state index in [0.717, 1.165) is 77.0 Å². The summed E-state index contributed by atoms with van der Waals surface area (Å²) in [5.74, 6) is -0.937. The van der Waals surface area contributed by atoms with Crippen molar-refractivity contribution in [3.05, 3.63) is 60.8 Å². The second-order valence-electron chi connectivity index (χ2n) is 13.0. The van der Waals surface area contributed by atoms with Crippen LogP contribution in [0.5, 0.6) is 0 Å². The molecule has 4 N–H and O–H groups in total. The minimum absolute atomic E-state index is 0.0354. The Morgan fingerprint density at radius 3 is 1.96 bits per heavy atom. The molecule has 0 saturated carbocycles. The number of carbonyl (C=O) groups excluding carboxylic acids is 2. The van der Waals surface area contributed by atoms with Gasteiger partial charge in [-0.2, -0.15) is 0 Å². The number of aliphatic hydroxyl groups excluding tert-OH is 1. The number of aliphatic hydroxyl groups is 1. The summed E-state index contributed by atoms with van der Waals surface area (Å²) in [6, 6.07) is 0. The number of allylic oxidation sites excluding steroid dienone is 9. The predicted octanol–water partition coefficient (Wildman–Crippen LogP) is 9.91. The molecule has 52 heavy (non-hydrogen) atoms. The fraction of sp³-hybridized carbons (Fsp3) is 0.707. The number of unbranched alkanes of at least 4 members (excludes halogenated alkanes) is 12. The van der Waals surface area contributed by atoms with Crippen molar-refractivity contribution in [1.82, 2.24) is 0 Å². The van der Waals surface area contributed by atoms with E-state index in [9.17, 15) is 24.2 Å². The molecule has 0 rings (SSSR count). The van der Waals surface area contributed by atoms with E-state index in [-0.39, 0.29) is 38.7 Å². The molecular formula is C41H72NO9P. The van der Waals surface area contributed by atoms with Crippen LogP contribution < -0.4 is 5.73 Å². The fourth-order valence-electron chi connectivity index (χ4n) is 4.97. The van der Waals surface area contributed by atoms with E-state index < -0.39 is 32.5 Å². The summed E-state index contributed by atoms with van der Waals surface area (Å²) in [7, 11) is -4.40. The van der Waals surface area contributed by atoms with E-state index in [1.165, 1.54) is 25.7 Å². The molecule has 0 heterocycles. The molecule has 0 radical (unpaired) electrons. The molecule has 11 heteroatoms. The van der Waals surface area contributed by atoms with E-state index in [4.69, 9.17) is 24.3 Å². The number of phosphoric acid groups is 1. The molecule has 0 aliphatic rings. The van der Waals surface area contributed by atoms with Gasteiger partial charge in [-0.25, -0.2) is 4.57 Å². The number of nitrogens with two attached hydrogens (primary N) is 1. The second kappa shape index (κ2) is 37.0. The van der Waals surface area contributed by atoms with Crippen molar-refractivity contribution < 1.29 is 42.7 Å². The lowest BCUT2D eigenvalue weighted by Gasteiger charge is -2.19. The van der Waals surface area contributed by atoms with Gasteiger partial charge in [0.25, 0.3) is 0 Å². The maximum atomic E-state index is 12.5. The van der Waals surface area contributed by atoms with Crippen LogP contribution in [0, 0.1) is 0 Å². The first-order chi connectivity index (χ1) is 25.2. The van der Waals surface area contributed by atoms with Crippen LogP contribution in [0.25, 0.3) is 0 Å². The Balaban J connectivity index is 4.37. The average Bonchev–Trinajstić information content (AvgIpc) is 3.12. The van der Waals surface area contributed by atoms with Gasteiger partial charge >= 0.3 is 19.8 Å². The Bertz CT molecular complexity index is 1060. The van der Waals surface area contributed by atoms with Crippen molar-refractivity contribution in [2.24, 2.45) is 5.73 Å². The van der Waals surface area contributed by atoms with Crippen LogP contribution in [0.15, 0.2) is 60.8 Å². The molecule has 0 bridgehead atoms. The van der Waals surface area contributed by atoms with Gasteiger partial charge in [-0.05, 0) is 64.2 Å². The summed E-state index contributed by atoms with van der Waals surface area (Å²) >= 11 is 0. The Kier molecular flexibility index (Phi) is 35.3. The number of hydrogen-bond donors (Lipinski definition) is 3. The predicted molar refractivity (Wildman–Crippen MR) is 212 cm³/mol. The zero-order chi connectivity index (χ0) is 38.4. The van der Waals surface area contributed by atoms with Gasteiger partial charge in [-0.3, -0.25) is 18.6 Å². The number of esters is 2. The lowest BCUT2D eigenvalue weighted by atomic mass is 10.1. The summed E-state index contributed by atoms with van der Waals surface area (Å²) < 4.78 is 32.6. The second-order valence-corrected chi connectivity index (χ2v) is 14.4. The summed E-state index contributed by atoms with van der Waals surface area (Å²) in [5, 5.41) is 9.88. The minimum atomic E-state index is -4.40. The van der Waals surface area contributed by atoms with Gasteiger partial charge in [0.2, 0.25) is 0 Å². The van der Waals surface area contributed by atoms with Crippen molar-refractivity contribution in [3.8, 4) is 0 Å². The zero-order valence-corrected chi connectivity index (χ0v) is 33.3. The zero-order valence-electron chi connectivity index (χ0n) is 32.4. The first-order valence-electron chi connectivity index (χ1n) is 19.9. The molecule has 3 atom stereocenters. The third-order valence-electron chi connectivity index (χ3n) is 7.98. The van der Waals surface area contributed by atoms with Gasteiger partial charge in [-0.15, -0.1) is 0 Å². The van der Waals surface area contributed by atoms with E-state index in [1.807, 2.05) is 36.5 Å². The van der Waals surface area contributed by atoms with Crippen LogP contribution in [0.4, 0.5) is 0 Å². The van der Waals surface area contributed by atoms with Crippen LogP contribution in [0.1, 0.15) is 149 Å². The lowest BCUT2D eigenvalue weighted by Crippen LogP contribution is -2.29. The summed E-state index contributed by atoms with van der Waals surface area (Å²) in [6.07, 6.45) is 38.7. The van der Waals surface area contributed by atoms with Gasteiger partial charge in [0.05, 0.1) is 19.3 Å². The SMILES string of the molecule is CCCCCC/C=C\CCCCCCCC(=O)O[C@H](COC(=O)CCC/C=C\C/C=C\C/C=C\C=C\[C@H](O)CCCCC)COP(=O)(O)OCCN. The number of carbonyl (C=O) groups is 2. The number of hydrogen-bond acceptors (Lipinski definition) is 9. The quantitative estimate of drug-likeness (QED) is 0.0185. The van der Waals surface area contributed by atoms with Crippen LogP contribution in [-0.4, -0.2) is 60.5 Å². The summed E-state index contributed by atoms with van der Waals surface area (Å²) in [4.78, 5) is 34.7. The lowest BCUT2D eigenvalue weighted by molar-refractivity contribution is -0.161. The maximum Gasteiger partial charge on any atom is 0.472 e. The standard InChI is InChI=1S/C41H72NO9P/c1-3-5-7-8-9-10-11-12-15-19-22-25-29-33-41(45)51-39(37-50-52(46,47)49-35-34-42)36-48-40(44)32-28-24-21-18-16-13-14-17-20-23-27-31-38(43)30-26-6-4-2/h10-11,13-14,18,20-21,23,27,31,38-39,43H,3-9,12,15-17,19,22,24-26,28-30,32-37,42H2,1-2H3,(H,46,47)/b11-10-,14-13-,21-18-,23-20-,31-27+/t38-,39-/m1/s1. The molecular weight excluding hydrogens is 681 g/mol. The van der Waals surface area contributed by atoms with Crippen molar-refractivity contribution in [2.75, 3.05) is 26.4 Å². The van der Waals surface area contributed by atoms with Crippen molar-refractivity contribution in [1.29, 1.82) is 0 Å². The van der Waals surface area contributed by atoms with Gasteiger partial charge in [0, 0.05) is 19.4 Å². The minimum Gasteiger partial charge on any atom is -0.462 e. The van der Waals surface area contributed by atoms with Crippen molar-refractivity contribution in [2.45, 2.75) is 161 Å². The van der Waals surface area contributed by atoms with Crippen LogP contribution in [-0.2, 0) is 32.7 Å². The van der Waals surface area contributed by atoms with E-state index in [2.05, 4.69) is 38.2 Å². The Labute approximate surface area is 315 Å². The van der Waals surface area contributed by atoms with Gasteiger partial charge in [0.15, 0.2) is 6.10 Å². The van der Waals surface area contributed by atoms with Crippen molar-refractivity contribution in [3.63, 3.8) is 0 Å². The fourth-order valence-corrected chi connectivity index (χ4v) is 5.73. The largest absolute Gasteiger partial charge is 0.472 e. The Morgan fingerprint density at radius 2 is 1.25 bits per heavy atom. The molecule has 0 saturated heterocycles. The summed E-state index contributed by atoms with van der Waals surface area (Å²) in [5.41, 5.74) is 5.33. The third kappa shape index (κ3) is 36.0. The van der Waals surface area contributed by atoms with E-state index in [1.54, 1.807) is 0 Å². The molecule has 0 aliphatic heterocycles. The summed E-state index contributed by atoms with van der Waals surface area (Å²) in [6.45, 7) is 3.48. The highest BCUT2D eigenvalue weighted by Crippen LogP contribution is 2.43. The number of ether oxygens (including phenoxy) is 2.